The first-order chi connectivity index (χ1) is 17.3. The molecule has 0 N–H and O–H groups in total. The number of nitro benzene ring substituents is 1. The predicted octanol–water partition coefficient (Wildman–Crippen LogP) is 0.982. The largest absolute Gasteiger partial charge is 0.463 e. The van der Waals surface area contributed by atoms with E-state index in [4.69, 9.17) is 33.2 Å². The molecule has 202 valence electrons. The SMILES string of the molecule is CC(=O)OC[C@@H]1O[C@H](Oc2ccc(OC(C)=O)cc2[N+](=O)[O-])[C@@H](OC(C)=O)[C@H](OC(C)=O)[C@H]1OC(C)=O. The van der Waals surface area contributed by atoms with Crippen LogP contribution in [-0.4, -0.2) is 72.1 Å². The first-order valence-electron chi connectivity index (χ1n) is 10.7. The summed E-state index contributed by atoms with van der Waals surface area (Å²) in [7, 11) is 0. The van der Waals surface area contributed by atoms with Crippen LogP contribution < -0.4 is 9.47 Å². The Morgan fingerprint density at radius 2 is 1.41 bits per heavy atom. The van der Waals surface area contributed by atoms with Crippen molar-refractivity contribution in [3.63, 3.8) is 0 Å². The minimum absolute atomic E-state index is 0.145. The van der Waals surface area contributed by atoms with E-state index in [1.165, 1.54) is 6.07 Å². The van der Waals surface area contributed by atoms with E-state index in [0.717, 1.165) is 46.8 Å². The molecule has 0 unspecified atom stereocenters. The van der Waals surface area contributed by atoms with E-state index in [1.807, 2.05) is 0 Å². The third kappa shape index (κ3) is 8.42. The third-order valence-corrected chi connectivity index (χ3v) is 4.58. The second kappa shape index (κ2) is 12.6. The minimum Gasteiger partial charge on any atom is -0.463 e. The summed E-state index contributed by atoms with van der Waals surface area (Å²) in [5, 5.41) is 11.7. The Labute approximate surface area is 210 Å². The highest BCUT2D eigenvalue weighted by molar-refractivity contribution is 5.70. The van der Waals surface area contributed by atoms with E-state index in [1.54, 1.807) is 0 Å². The van der Waals surface area contributed by atoms with Gasteiger partial charge in [-0.15, -0.1) is 0 Å². The van der Waals surface area contributed by atoms with E-state index >= 15 is 0 Å². The maximum Gasteiger partial charge on any atom is 0.314 e. The number of hydrogen-bond donors (Lipinski definition) is 0. The van der Waals surface area contributed by atoms with E-state index in [-0.39, 0.29) is 5.75 Å². The van der Waals surface area contributed by atoms with Crippen LogP contribution in [0.25, 0.3) is 0 Å². The third-order valence-electron chi connectivity index (χ3n) is 4.58. The highest BCUT2D eigenvalue weighted by atomic mass is 16.7. The zero-order valence-electron chi connectivity index (χ0n) is 20.5. The van der Waals surface area contributed by atoms with Crippen LogP contribution in [0.2, 0.25) is 0 Å². The van der Waals surface area contributed by atoms with Crippen LogP contribution in [0, 0.1) is 10.1 Å². The van der Waals surface area contributed by atoms with Crippen molar-refractivity contribution in [1.82, 2.24) is 0 Å². The van der Waals surface area contributed by atoms with Gasteiger partial charge < -0.3 is 33.2 Å². The monoisotopic (exact) mass is 527 g/mol. The number of carbonyl (C=O) groups is 5. The van der Waals surface area contributed by atoms with Crippen molar-refractivity contribution in [2.45, 2.75) is 65.3 Å². The highest BCUT2D eigenvalue weighted by Crippen LogP contribution is 2.36. The second-order valence-electron chi connectivity index (χ2n) is 7.67. The molecule has 1 aliphatic heterocycles. The van der Waals surface area contributed by atoms with E-state index in [0.29, 0.717) is 0 Å². The topological polar surface area (TPSA) is 193 Å². The lowest BCUT2D eigenvalue weighted by Crippen LogP contribution is -2.63. The van der Waals surface area contributed by atoms with Crippen LogP contribution in [0.1, 0.15) is 34.6 Å². The van der Waals surface area contributed by atoms with Gasteiger partial charge in [0, 0.05) is 34.6 Å². The Bertz CT molecular complexity index is 1070. The van der Waals surface area contributed by atoms with Gasteiger partial charge in [0.1, 0.15) is 18.5 Å². The number of benzene rings is 1. The van der Waals surface area contributed by atoms with Crippen molar-refractivity contribution in [1.29, 1.82) is 0 Å². The molecule has 1 heterocycles. The van der Waals surface area contributed by atoms with Gasteiger partial charge in [-0.3, -0.25) is 34.1 Å². The Morgan fingerprint density at radius 3 is 1.92 bits per heavy atom. The Balaban J connectivity index is 2.55. The van der Waals surface area contributed by atoms with Crippen molar-refractivity contribution < 1.29 is 62.1 Å². The molecule has 0 aliphatic carbocycles. The van der Waals surface area contributed by atoms with Crippen molar-refractivity contribution in [3.05, 3.63) is 28.3 Å². The molecule has 37 heavy (non-hydrogen) atoms. The van der Waals surface area contributed by atoms with Gasteiger partial charge in [-0.05, 0) is 12.1 Å². The standard InChI is InChI=1S/C22H25NO14/c1-10(24)31-9-18-19(33-12(3)26)20(34-13(4)27)21(35-14(5)28)22(37-18)36-17-7-6-15(32-11(2)25)8-16(17)23(29)30/h6-8,18-22H,9H2,1-5H3/t18-,19-,20+,21-,22-/m0/s1. The summed E-state index contributed by atoms with van der Waals surface area (Å²) < 4.78 is 37.0. The maximum atomic E-state index is 11.9. The van der Waals surface area contributed by atoms with Gasteiger partial charge in [-0.25, -0.2) is 0 Å². The summed E-state index contributed by atoms with van der Waals surface area (Å²) >= 11 is 0. The molecule has 5 atom stereocenters. The molecular weight excluding hydrogens is 502 g/mol. The molecule has 0 spiro atoms. The van der Waals surface area contributed by atoms with Crippen LogP contribution in [0.15, 0.2) is 18.2 Å². The van der Waals surface area contributed by atoms with Gasteiger partial charge in [0.15, 0.2) is 12.2 Å². The lowest BCUT2D eigenvalue weighted by Gasteiger charge is -2.43. The number of rotatable bonds is 9. The van der Waals surface area contributed by atoms with Crippen LogP contribution in [0.4, 0.5) is 5.69 Å². The van der Waals surface area contributed by atoms with Crippen molar-refractivity contribution in [2.75, 3.05) is 6.61 Å². The summed E-state index contributed by atoms with van der Waals surface area (Å²) in [4.78, 5) is 69.0. The Kier molecular flexibility index (Phi) is 9.88. The number of nitro groups is 1. The minimum atomic E-state index is -1.68. The fourth-order valence-corrected chi connectivity index (χ4v) is 3.38. The lowest BCUT2D eigenvalue weighted by molar-refractivity contribution is -0.387. The number of esters is 5. The Morgan fingerprint density at radius 1 is 0.838 bits per heavy atom. The molecule has 1 aromatic carbocycles. The average molecular weight is 527 g/mol. The number of ether oxygens (including phenoxy) is 7. The van der Waals surface area contributed by atoms with Crippen LogP contribution >= 0.6 is 0 Å². The highest BCUT2D eigenvalue weighted by Gasteiger charge is 2.53. The van der Waals surface area contributed by atoms with Crippen molar-refractivity contribution >= 4 is 35.5 Å². The molecule has 0 aromatic heterocycles. The molecule has 1 aromatic rings. The van der Waals surface area contributed by atoms with Gasteiger partial charge in [-0.1, -0.05) is 0 Å². The van der Waals surface area contributed by atoms with E-state index in [2.05, 4.69) is 0 Å². The predicted molar refractivity (Wildman–Crippen MR) is 117 cm³/mol. The average Bonchev–Trinajstić information content (AvgIpc) is 2.76. The fraction of sp³-hybridized carbons (Fsp3) is 0.500. The quantitative estimate of drug-likeness (QED) is 0.145. The summed E-state index contributed by atoms with van der Waals surface area (Å²) in [6, 6.07) is 3.22. The second-order valence-corrected chi connectivity index (χ2v) is 7.67. The Hall–Kier alpha value is -4.27. The van der Waals surface area contributed by atoms with Gasteiger partial charge in [0.2, 0.25) is 18.1 Å². The van der Waals surface area contributed by atoms with Crippen LogP contribution in [0.3, 0.4) is 0 Å². The van der Waals surface area contributed by atoms with Gasteiger partial charge in [0.25, 0.3) is 0 Å². The zero-order chi connectivity index (χ0) is 27.9. The molecular formula is C22H25NO14. The van der Waals surface area contributed by atoms with Crippen LogP contribution in [0.5, 0.6) is 11.5 Å². The molecule has 15 nitrogen and oxygen atoms in total. The summed E-state index contributed by atoms with van der Waals surface area (Å²) in [6.07, 6.45) is -7.53. The fourth-order valence-electron chi connectivity index (χ4n) is 3.38. The molecule has 1 fully saturated rings. The van der Waals surface area contributed by atoms with Gasteiger partial charge in [0.05, 0.1) is 11.0 Å². The first-order valence-corrected chi connectivity index (χ1v) is 10.7. The maximum absolute atomic E-state index is 11.9. The number of carbonyl (C=O) groups excluding carboxylic acids is 5. The molecule has 2 rings (SSSR count). The summed E-state index contributed by atoms with van der Waals surface area (Å²) in [5.41, 5.74) is -0.647. The molecule has 15 heteroatoms. The number of hydrogen-bond acceptors (Lipinski definition) is 14. The zero-order valence-corrected chi connectivity index (χ0v) is 20.5. The number of nitrogens with zero attached hydrogens (tertiary/aromatic N) is 1. The van der Waals surface area contributed by atoms with Crippen molar-refractivity contribution in [3.8, 4) is 11.5 Å². The molecule has 1 aliphatic rings. The summed E-state index contributed by atoms with van der Waals surface area (Å²) in [5.74, 6) is -4.54. The van der Waals surface area contributed by atoms with Gasteiger partial charge in [-0.2, -0.15) is 0 Å². The molecule has 0 bridgehead atoms. The molecule has 0 radical (unpaired) electrons. The summed E-state index contributed by atoms with van der Waals surface area (Å²) in [6.45, 7) is 4.84. The normalized spacial score (nSPS) is 22.7. The lowest BCUT2D eigenvalue weighted by atomic mass is 9.98. The molecule has 0 saturated carbocycles. The van der Waals surface area contributed by atoms with E-state index < -0.39 is 83.5 Å². The van der Waals surface area contributed by atoms with Crippen LogP contribution in [-0.2, 0) is 47.7 Å². The molecule has 0 amide bonds. The molecule has 1 saturated heterocycles. The van der Waals surface area contributed by atoms with E-state index in [9.17, 15) is 34.1 Å². The first kappa shape index (κ1) is 29.0. The smallest absolute Gasteiger partial charge is 0.314 e. The van der Waals surface area contributed by atoms with Gasteiger partial charge >= 0.3 is 35.5 Å². The van der Waals surface area contributed by atoms with Crippen molar-refractivity contribution in [2.24, 2.45) is 0 Å².